The summed E-state index contributed by atoms with van der Waals surface area (Å²) in [6.07, 6.45) is 41.9. The monoisotopic (exact) mass is 449 g/mol. The zero-order valence-electron chi connectivity index (χ0n) is 23.0. The molecule has 0 bridgehead atoms. The molecule has 192 valence electrons. The number of rotatable bonds is 24. The van der Waals surface area contributed by atoms with Crippen LogP contribution in [-0.4, -0.2) is 0 Å². The van der Waals surface area contributed by atoms with Gasteiger partial charge in [0.25, 0.3) is 0 Å². The molecule has 32 heavy (non-hydrogen) atoms. The van der Waals surface area contributed by atoms with Gasteiger partial charge in [0.15, 0.2) is 0 Å². The molecule has 1 aliphatic carbocycles. The molecule has 1 saturated carbocycles. The Bertz CT molecular complexity index is 340. The fourth-order valence-corrected chi connectivity index (χ4v) is 6.19. The Kier molecular flexibility index (Phi) is 22.7. The molecule has 0 heterocycles. The van der Waals surface area contributed by atoms with Gasteiger partial charge in [0.05, 0.1) is 0 Å². The summed E-state index contributed by atoms with van der Waals surface area (Å²) in [5, 5.41) is 0. The van der Waals surface area contributed by atoms with Crippen LogP contribution in [0, 0.1) is 11.8 Å². The molecule has 0 aromatic carbocycles. The minimum absolute atomic E-state index is 1.07. The fraction of sp³-hybridized carbons (Fsp3) is 1.00. The predicted octanol–water partition coefficient (Wildman–Crippen LogP) is 12.2. The number of hydrogen-bond acceptors (Lipinski definition) is 0. The Hall–Kier alpha value is 0. The van der Waals surface area contributed by atoms with Crippen LogP contribution >= 0.6 is 0 Å². The molecule has 1 rings (SSSR count). The first kappa shape index (κ1) is 30.0. The van der Waals surface area contributed by atoms with Crippen molar-refractivity contribution in [1.29, 1.82) is 0 Å². The lowest BCUT2D eigenvalue weighted by Crippen LogP contribution is -2.18. The van der Waals surface area contributed by atoms with Crippen LogP contribution in [0.4, 0.5) is 0 Å². The lowest BCUT2D eigenvalue weighted by atomic mass is 9.75. The summed E-state index contributed by atoms with van der Waals surface area (Å²) in [7, 11) is 0. The molecule has 0 nitrogen and oxygen atoms in total. The SMILES string of the molecule is CCCCCCCCCCCCCC(CCCCCCCCCCCC)C1CCCCC1. The van der Waals surface area contributed by atoms with Gasteiger partial charge in [0.1, 0.15) is 0 Å². The number of hydrogen-bond donors (Lipinski definition) is 0. The maximum atomic E-state index is 2.32. The minimum atomic E-state index is 1.07. The van der Waals surface area contributed by atoms with Crippen molar-refractivity contribution in [2.45, 2.75) is 194 Å². The van der Waals surface area contributed by atoms with E-state index in [9.17, 15) is 0 Å². The van der Waals surface area contributed by atoms with Gasteiger partial charge in [0.2, 0.25) is 0 Å². The van der Waals surface area contributed by atoms with Gasteiger partial charge in [-0.05, 0) is 11.8 Å². The van der Waals surface area contributed by atoms with Crippen LogP contribution in [0.3, 0.4) is 0 Å². The summed E-state index contributed by atoms with van der Waals surface area (Å²) in [5.41, 5.74) is 0. The molecular weight excluding hydrogens is 384 g/mol. The second-order valence-electron chi connectivity index (χ2n) is 11.5. The third-order valence-electron chi connectivity index (χ3n) is 8.42. The highest BCUT2D eigenvalue weighted by molar-refractivity contribution is 4.74. The van der Waals surface area contributed by atoms with Crippen LogP contribution in [-0.2, 0) is 0 Å². The second-order valence-corrected chi connectivity index (χ2v) is 11.5. The maximum absolute atomic E-state index is 2.32. The van der Waals surface area contributed by atoms with Crippen LogP contribution in [0.5, 0.6) is 0 Å². The molecule has 0 heteroatoms. The first-order valence-corrected chi connectivity index (χ1v) is 15.9. The van der Waals surface area contributed by atoms with E-state index in [0.29, 0.717) is 0 Å². The van der Waals surface area contributed by atoms with Gasteiger partial charge in [-0.1, -0.05) is 194 Å². The fourth-order valence-electron chi connectivity index (χ4n) is 6.19. The smallest absolute Gasteiger partial charge is 0.0386 e. The second kappa shape index (κ2) is 24.1. The van der Waals surface area contributed by atoms with Crippen molar-refractivity contribution in [1.82, 2.24) is 0 Å². The van der Waals surface area contributed by atoms with Crippen molar-refractivity contribution in [2.75, 3.05) is 0 Å². The first-order chi connectivity index (χ1) is 15.9. The molecule has 0 aromatic heterocycles. The largest absolute Gasteiger partial charge is 0.0654 e. The summed E-state index contributed by atoms with van der Waals surface area (Å²) in [5.74, 6) is 2.16. The maximum Gasteiger partial charge on any atom is -0.0386 e. The van der Waals surface area contributed by atoms with E-state index in [2.05, 4.69) is 13.8 Å². The van der Waals surface area contributed by atoms with Gasteiger partial charge in [-0.2, -0.15) is 0 Å². The quantitative estimate of drug-likeness (QED) is 0.129. The highest BCUT2D eigenvalue weighted by Gasteiger charge is 2.22. The highest BCUT2D eigenvalue weighted by Crippen LogP contribution is 2.36. The molecule has 1 fully saturated rings. The van der Waals surface area contributed by atoms with E-state index in [1.807, 2.05) is 0 Å². The Morgan fingerprint density at radius 2 is 0.719 bits per heavy atom. The van der Waals surface area contributed by atoms with Crippen molar-refractivity contribution in [3.63, 3.8) is 0 Å². The predicted molar refractivity (Wildman–Crippen MR) is 148 cm³/mol. The van der Waals surface area contributed by atoms with Crippen LogP contribution < -0.4 is 0 Å². The van der Waals surface area contributed by atoms with Gasteiger partial charge in [-0.25, -0.2) is 0 Å². The van der Waals surface area contributed by atoms with Crippen molar-refractivity contribution >= 4 is 0 Å². The van der Waals surface area contributed by atoms with Gasteiger partial charge in [-0.15, -0.1) is 0 Å². The van der Waals surface area contributed by atoms with Gasteiger partial charge >= 0.3 is 0 Å². The molecule has 0 spiro atoms. The van der Waals surface area contributed by atoms with Gasteiger partial charge < -0.3 is 0 Å². The van der Waals surface area contributed by atoms with E-state index >= 15 is 0 Å². The van der Waals surface area contributed by atoms with Crippen LogP contribution in [0.2, 0.25) is 0 Å². The lowest BCUT2D eigenvalue weighted by molar-refractivity contribution is 0.214. The van der Waals surface area contributed by atoms with E-state index in [-0.39, 0.29) is 0 Å². The molecule has 0 N–H and O–H groups in total. The molecule has 0 amide bonds. The summed E-state index contributed by atoms with van der Waals surface area (Å²) in [6, 6.07) is 0. The average molecular weight is 449 g/mol. The zero-order valence-corrected chi connectivity index (χ0v) is 23.0. The van der Waals surface area contributed by atoms with Crippen LogP contribution in [0.15, 0.2) is 0 Å². The summed E-state index contributed by atoms with van der Waals surface area (Å²) < 4.78 is 0. The van der Waals surface area contributed by atoms with E-state index in [0.717, 1.165) is 11.8 Å². The third kappa shape index (κ3) is 18.4. The Morgan fingerprint density at radius 1 is 0.406 bits per heavy atom. The van der Waals surface area contributed by atoms with Crippen molar-refractivity contribution in [3.8, 4) is 0 Å². The molecular formula is C32H64. The lowest BCUT2D eigenvalue weighted by Gasteiger charge is -2.30. The molecule has 1 aliphatic rings. The first-order valence-electron chi connectivity index (χ1n) is 15.9. The minimum Gasteiger partial charge on any atom is -0.0654 e. The van der Waals surface area contributed by atoms with Gasteiger partial charge in [-0.3, -0.25) is 0 Å². The normalized spacial score (nSPS) is 15.9. The van der Waals surface area contributed by atoms with E-state index in [1.165, 1.54) is 154 Å². The van der Waals surface area contributed by atoms with Crippen molar-refractivity contribution < 1.29 is 0 Å². The summed E-state index contributed by atoms with van der Waals surface area (Å²) in [6.45, 7) is 4.63. The molecule has 0 saturated heterocycles. The summed E-state index contributed by atoms with van der Waals surface area (Å²) >= 11 is 0. The zero-order chi connectivity index (χ0) is 23.0. The van der Waals surface area contributed by atoms with Crippen molar-refractivity contribution in [2.24, 2.45) is 11.8 Å². The van der Waals surface area contributed by atoms with Crippen LogP contribution in [0.1, 0.15) is 194 Å². The third-order valence-corrected chi connectivity index (χ3v) is 8.42. The summed E-state index contributed by atoms with van der Waals surface area (Å²) in [4.78, 5) is 0. The molecule has 1 atom stereocenters. The van der Waals surface area contributed by atoms with E-state index in [1.54, 1.807) is 25.7 Å². The molecule has 1 unspecified atom stereocenters. The average Bonchev–Trinajstić information content (AvgIpc) is 2.83. The van der Waals surface area contributed by atoms with E-state index in [4.69, 9.17) is 0 Å². The van der Waals surface area contributed by atoms with Crippen molar-refractivity contribution in [3.05, 3.63) is 0 Å². The highest BCUT2D eigenvalue weighted by atomic mass is 14.3. The number of unbranched alkanes of at least 4 members (excludes halogenated alkanes) is 19. The van der Waals surface area contributed by atoms with Crippen LogP contribution in [0.25, 0.3) is 0 Å². The molecule has 0 aliphatic heterocycles. The van der Waals surface area contributed by atoms with E-state index < -0.39 is 0 Å². The van der Waals surface area contributed by atoms with Gasteiger partial charge in [0, 0.05) is 0 Å². The Labute approximate surface area is 205 Å². The molecule has 0 aromatic rings. The Balaban J connectivity index is 2.03. The standard InChI is InChI=1S/C32H64/c1-3-5-7-9-11-13-15-17-19-21-24-28-31(32-29-25-22-26-30-32)27-23-20-18-16-14-12-10-8-6-4-2/h31-32H,3-30H2,1-2H3. The Morgan fingerprint density at radius 3 is 1.06 bits per heavy atom. The molecule has 0 radical (unpaired) electrons. The topological polar surface area (TPSA) is 0 Å².